The van der Waals surface area contributed by atoms with Crippen LogP contribution in [0.4, 0.5) is 0 Å². The summed E-state index contributed by atoms with van der Waals surface area (Å²) in [5.74, 6) is -0.904. The predicted octanol–water partition coefficient (Wildman–Crippen LogP) is -1.13. The Balaban J connectivity index is 2.11. The van der Waals surface area contributed by atoms with Gasteiger partial charge in [-0.05, 0) is 19.3 Å². The fourth-order valence-electron chi connectivity index (χ4n) is 1.67. The van der Waals surface area contributed by atoms with Crippen LogP contribution in [0.3, 0.4) is 0 Å². The molecule has 6 nitrogen and oxygen atoms in total. The van der Waals surface area contributed by atoms with E-state index in [-0.39, 0.29) is 18.4 Å². The molecule has 0 aliphatic carbocycles. The third-order valence-electron chi connectivity index (χ3n) is 2.55. The van der Waals surface area contributed by atoms with Gasteiger partial charge in [0, 0.05) is 13.2 Å². The number of nitrogens with two attached hydrogens (primary N) is 2. The number of rotatable bonds is 6. The smallest absolute Gasteiger partial charge is 0.237 e. The van der Waals surface area contributed by atoms with E-state index in [1.54, 1.807) is 0 Å². The topological polar surface area (TPSA) is 107 Å². The third kappa shape index (κ3) is 4.59. The van der Waals surface area contributed by atoms with E-state index in [0.717, 1.165) is 25.9 Å². The Morgan fingerprint density at radius 1 is 1.50 bits per heavy atom. The average molecular weight is 229 g/mol. The summed E-state index contributed by atoms with van der Waals surface area (Å²) in [4.78, 5) is 21.9. The zero-order chi connectivity index (χ0) is 12.0. The van der Waals surface area contributed by atoms with Gasteiger partial charge in [-0.15, -0.1) is 0 Å². The minimum Gasteiger partial charge on any atom is -0.378 e. The number of primary amides is 1. The quantitative estimate of drug-likeness (QED) is 0.536. The predicted molar refractivity (Wildman–Crippen MR) is 58.4 cm³/mol. The van der Waals surface area contributed by atoms with Crippen molar-refractivity contribution < 1.29 is 14.3 Å². The molecule has 0 radical (unpaired) electrons. The molecule has 0 bridgehead atoms. The number of carbonyl (C=O) groups is 2. The molecule has 1 rings (SSSR count). The first-order valence-electron chi connectivity index (χ1n) is 5.53. The molecule has 92 valence electrons. The maximum absolute atomic E-state index is 11.4. The Kier molecular flexibility index (Phi) is 5.21. The van der Waals surface area contributed by atoms with E-state index < -0.39 is 11.9 Å². The summed E-state index contributed by atoms with van der Waals surface area (Å²) >= 11 is 0. The van der Waals surface area contributed by atoms with Gasteiger partial charge in [-0.25, -0.2) is 0 Å². The number of hydrogen-bond acceptors (Lipinski definition) is 4. The molecule has 1 heterocycles. The van der Waals surface area contributed by atoms with Crippen LogP contribution in [0, 0.1) is 0 Å². The van der Waals surface area contributed by atoms with E-state index >= 15 is 0 Å². The molecule has 5 N–H and O–H groups in total. The maximum atomic E-state index is 11.4. The summed E-state index contributed by atoms with van der Waals surface area (Å²) in [6.45, 7) is 1.33. The van der Waals surface area contributed by atoms with Gasteiger partial charge in [-0.2, -0.15) is 0 Å². The molecule has 6 heteroatoms. The summed E-state index contributed by atoms with van der Waals surface area (Å²) in [7, 11) is 0. The number of hydrogen-bond donors (Lipinski definition) is 3. The molecule has 0 aromatic heterocycles. The molecule has 16 heavy (non-hydrogen) atoms. The Morgan fingerprint density at radius 3 is 2.81 bits per heavy atom. The lowest BCUT2D eigenvalue weighted by atomic mass is 10.1. The number of carbonyl (C=O) groups excluding carboxylic acids is 2. The fraction of sp³-hybridized carbons (Fsp3) is 0.800. The zero-order valence-electron chi connectivity index (χ0n) is 9.28. The molecule has 1 fully saturated rings. The fourth-order valence-corrected chi connectivity index (χ4v) is 1.67. The second kappa shape index (κ2) is 6.44. The molecule has 0 saturated carbocycles. The lowest BCUT2D eigenvalue weighted by Crippen LogP contribution is -2.43. The van der Waals surface area contributed by atoms with E-state index in [0.29, 0.717) is 6.54 Å². The lowest BCUT2D eigenvalue weighted by Gasteiger charge is -2.12. The van der Waals surface area contributed by atoms with E-state index in [2.05, 4.69) is 5.32 Å². The van der Waals surface area contributed by atoms with Crippen LogP contribution in [0.25, 0.3) is 0 Å². The van der Waals surface area contributed by atoms with Crippen molar-refractivity contribution in [3.8, 4) is 0 Å². The first-order chi connectivity index (χ1) is 7.59. The van der Waals surface area contributed by atoms with Crippen LogP contribution >= 0.6 is 0 Å². The van der Waals surface area contributed by atoms with Crippen molar-refractivity contribution in [1.82, 2.24) is 5.32 Å². The number of amides is 2. The van der Waals surface area contributed by atoms with Gasteiger partial charge < -0.3 is 21.5 Å². The molecule has 2 atom stereocenters. The van der Waals surface area contributed by atoms with Crippen LogP contribution < -0.4 is 16.8 Å². The van der Waals surface area contributed by atoms with Crippen LogP contribution in [0.15, 0.2) is 0 Å². The van der Waals surface area contributed by atoms with Gasteiger partial charge in [0.2, 0.25) is 11.8 Å². The van der Waals surface area contributed by atoms with Crippen molar-refractivity contribution in [1.29, 1.82) is 0 Å². The van der Waals surface area contributed by atoms with Crippen molar-refractivity contribution in [3.63, 3.8) is 0 Å². The molecule has 0 spiro atoms. The standard InChI is InChI=1S/C10H19N3O3/c11-8(6-9(12)14)10(15)13-4-3-7-2-1-5-16-7/h7-8H,1-6,11H2,(H2,12,14)(H,13,15). The minimum absolute atomic E-state index is 0.119. The van der Waals surface area contributed by atoms with Crippen molar-refractivity contribution in [2.75, 3.05) is 13.2 Å². The Morgan fingerprint density at radius 2 is 2.25 bits per heavy atom. The van der Waals surface area contributed by atoms with Gasteiger partial charge in [-0.1, -0.05) is 0 Å². The van der Waals surface area contributed by atoms with Crippen LogP contribution in [-0.2, 0) is 14.3 Å². The molecular weight excluding hydrogens is 210 g/mol. The first kappa shape index (κ1) is 12.9. The van der Waals surface area contributed by atoms with Crippen molar-refractivity contribution in [3.05, 3.63) is 0 Å². The number of ether oxygens (including phenoxy) is 1. The highest BCUT2D eigenvalue weighted by Crippen LogP contribution is 2.14. The molecule has 2 amide bonds. The zero-order valence-corrected chi connectivity index (χ0v) is 9.28. The van der Waals surface area contributed by atoms with Crippen molar-refractivity contribution in [2.24, 2.45) is 11.5 Å². The van der Waals surface area contributed by atoms with E-state index in [4.69, 9.17) is 16.2 Å². The van der Waals surface area contributed by atoms with E-state index in [1.807, 2.05) is 0 Å². The summed E-state index contributed by atoms with van der Waals surface area (Å²) < 4.78 is 5.40. The van der Waals surface area contributed by atoms with Gasteiger partial charge in [0.15, 0.2) is 0 Å². The van der Waals surface area contributed by atoms with Gasteiger partial charge in [0.25, 0.3) is 0 Å². The molecular formula is C10H19N3O3. The molecule has 0 aromatic rings. The van der Waals surface area contributed by atoms with E-state index in [9.17, 15) is 9.59 Å². The van der Waals surface area contributed by atoms with Crippen LogP contribution in [0.2, 0.25) is 0 Å². The minimum atomic E-state index is -0.845. The summed E-state index contributed by atoms with van der Waals surface area (Å²) in [6.07, 6.45) is 3.04. The lowest BCUT2D eigenvalue weighted by molar-refractivity contribution is -0.126. The van der Waals surface area contributed by atoms with Crippen molar-refractivity contribution >= 4 is 11.8 Å². The first-order valence-corrected chi connectivity index (χ1v) is 5.53. The second-order valence-corrected chi connectivity index (χ2v) is 3.99. The van der Waals surface area contributed by atoms with Gasteiger partial charge in [0.1, 0.15) is 0 Å². The highest BCUT2D eigenvalue weighted by Gasteiger charge is 2.18. The molecule has 0 aromatic carbocycles. The number of nitrogens with one attached hydrogen (secondary N) is 1. The van der Waals surface area contributed by atoms with Gasteiger partial charge in [-0.3, -0.25) is 9.59 Å². The Bertz CT molecular complexity index is 252. The molecule has 2 unspecified atom stereocenters. The maximum Gasteiger partial charge on any atom is 0.237 e. The van der Waals surface area contributed by atoms with Crippen LogP contribution in [0.5, 0.6) is 0 Å². The van der Waals surface area contributed by atoms with Gasteiger partial charge >= 0.3 is 0 Å². The summed E-state index contributed by atoms with van der Waals surface area (Å²) in [6, 6.07) is -0.845. The normalized spacial score (nSPS) is 21.7. The average Bonchev–Trinajstić information content (AvgIpc) is 2.69. The summed E-state index contributed by atoms with van der Waals surface area (Å²) in [5.41, 5.74) is 10.4. The van der Waals surface area contributed by atoms with Gasteiger partial charge in [0.05, 0.1) is 18.6 Å². The highest BCUT2D eigenvalue weighted by atomic mass is 16.5. The molecule has 1 aliphatic rings. The molecule has 1 aliphatic heterocycles. The van der Waals surface area contributed by atoms with E-state index in [1.165, 1.54) is 0 Å². The van der Waals surface area contributed by atoms with Crippen LogP contribution in [-0.4, -0.2) is 37.1 Å². The highest BCUT2D eigenvalue weighted by molar-refractivity contribution is 5.87. The van der Waals surface area contributed by atoms with Crippen LogP contribution in [0.1, 0.15) is 25.7 Å². The third-order valence-corrected chi connectivity index (χ3v) is 2.55. The SMILES string of the molecule is NC(=O)CC(N)C(=O)NCCC1CCCO1. The second-order valence-electron chi connectivity index (χ2n) is 3.99. The summed E-state index contributed by atoms with van der Waals surface area (Å²) in [5, 5.41) is 2.66. The Hall–Kier alpha value is -1.14. The Labute approximate surface area is 94.7 Å². The largest absolute Gasteiger partial charge is 0.378 e. The van der Waals surface area contributed by atoms with Crippen molar-refractivity contribution in [2.45, 2.75) is 37.8 Å². The monoisotopic (exact) mass is 229 g/mol. The molecule has 1 saturated heterocycles.